The fourth-order valence-electron chi connectivity index (χ4n) is 8.66. The molecular weight excluding hydrogens is 699 g/mol. The summed E-state index contributed by atoms with van der Waals surface area (Å²) in [5.74, 6) is 0.665. The van der Waals surface area contributed by atoms with Crippen LogP contribution in [0.3, 0.4) is 0 Å². The van der Waals surface area contributed by atoms with Crippen molar-refractivity contribution in [1.82, 2.24) is 14.5 Å². The second kappa shape index (κ2) is 12.2. The minimum atomic E-state index is 0.665. The Hall–Kier alpha value is -7.14. The van der Waals surface area contributed by atoms with Gasteiger partial charge in [-0.15, -0.1) is 11.3 Å². The molecule has 0 bridgehead atoms. The highest BCUT2D eigenvalue weighted by molar-refractivity contribution is 7.25. The van der Waals surface area contributed by atoms with Gasteiger partial charge in [-0.3, -0.25) is 4.57 Å². The summed E-state index contributed by atoms with van der Waals surface area (Å²) < 4.78 is 4.91. The predicted molar refractivity (Wildman–Crippen MR) is 238 cm³/mol. The zero-order valence-electron chi connectivity index (χ0n) is 30.1. The molecule has 12 rings (SSSR count). The van der Waals surface area contributed by atoms with E-state index in [-0.39, 0.29) is 0 Å². The smallest absolute Gasteiger partial charge is 0.235 e. The van der Waals surface area contributed by atoms with Crippen molar-refractivity contribution in [3.05, 3.63) is 188 Å². The molecule has 4 heteroatoms. The van der Waals surface area contributed by atoms with Gasteiger partial charge in [0.1, 0.15) is 0 Å². The van der Waals surface area contributed by atoms with Crippen molar-refractivity contribution in [2.45, 2.75) is 0 Å². The van der Waals surface area contributed by atoms with Crippen LogP contribution in [0.15, 0.2) is 188 Å². The molecule has 0 unspecified atom stereocenters. The molecule has 0 saturated carbocycles. The van der Waals surface area contributed by atoms with E-state index in [4.69, 9.17) is 9.97 Å². The number of para-hydroxylation sites is 2. The van der Waals surface area contributed by atoms with Crippen molar-refractivity contribution in [2.24, 2.45) is 0 Å². The van der Waals surface area contributed by atoms with Crippen LogP contribution in [0.5, 0.6) is 0 Å². The lowest BCUT2D eigenvalue weighted by atomic mass is 9.96. The summed E-state index contributed by atoms with van der Waals surface area (Å²) >= 11 is 1.86. The summed E-state index contributed by atoms with van der Waals surface area (Å²) in [7, 11) is 0. The number of thiophene rings is 1. The fraction of sp³-hybridized carbons (Fsp3) is 0. The molecule has 0 radical (unpaired) electrons. The molecule has 3 nitrogen and oxygen atoms in total. The van der Waals surface area contributed by atoms with Crippen LogP contribution in [0.1, 0.15) is 0 Å². The van der Waals surface area contributed by atoms with Gasteiger partial charge < -0.3 is 0 Å². The van der Waals surface area contributed by atoms with Gasteiger partial charge in [-0.1, -0.05) is 140 Å². The first-order valence-electron chi connectivity index (χ1n) is 19.0. The fourth-order valence-corrected chi connectivity index (χ4v) is 9.75. The van der Waals surface area contributed by atoms with E-state index < -0.39 is 0 Å². The molecule has 3 heterocycles. The maximum absolute atomic E-state index is 5.38. The lowest BCUT2D eigenvalue weighted by molar-refractivity contribution is 1.01. The Morgan fingerprint density at radius 1 is 0.357 bits per heavy atom. The molecule has 0 fully saturated rings. The van der Waals surface area contributed by atoms with E-state index in [9.17, 15) is 0 Å². The third-order valence-corrected chi connectivity index (χ3v) is 12.5. The Kier molecular flexibility index (Phi) is 6.80. The molecule has 0 aliphatic carbocycles. The topological polar surface area (TPSA) is 30.7 Å². The maximum atomic E-state index is 5.38. The van der Waals surface area contributed by atoms with Gasteiger partial charge in [0.05, 0.1) is 22.2 Å². The normalized spacial score (nSPS) is 11.9. The SMILES string of the molecule is c1ccc2cc(-c3nc(-n4c5ccccc5c5c6cc(-c7ccc(-c8ccc9sc%10ccccc%10c9c8)cc7)ccc6ccc54)nc4ccccc34)ccc2c1. The van der Waals surface area contributed by atoms with Gasteiger partial charge in [0.25, 0.3) is 0 Å². The van der Waals surface area contributed by atoms with E-state index in [0.717, 1.165) is 33.2 Å². The van der Waals surface area contributed by atoms with Gasteiger partial charge in [0.2, 0.25) is 5.95 Å². The lowest BCUT2D eigenvalue weighted by Crippen LogP contribution is -2.03. The number of rotatable bonds is 4. The maximum Gasteiger partial charge on any atom is 0.235 e. The summed E-state index contributed by atoms with van der Waals surface area (Å²) in [5.41, 5.74) is 9.92. The molecule has 0 N–H and O–H groups in total. The Bertz CT molecular complexity index is 3540. The van der Waals surface area contributed by atoms with Crippen LogP contribution in [-0.2, 0) is 0 Å². The molecule has 0 atom stereocenters. The molecule has 0 amide bonds. The first-order valence-corrected chi connectivity index (χ1v) is 19.8. The second-order valence-corrected chi connectivity index (χ2v) is 15.7. The average Bonchev–Trinajstić information content (AvgIpc) is 3.81. The molecule has 0 aliphatic rings. The van der Waals surface area contributed by atoms with Crippen LogP contribution in [0.2, 0.25) is 0 Å². The van der Waals surface area contributed by atoms with E-state index >= 15 is 0 Å². The van der Waals surface area contributed by atoms with Gasteiger partial charge in [-0.25, -0.2) is 9.97 Å². The van der Waals surface area contributed by atoms with E-state index in [1.807, 2.05) is 11.3 Å². The van der Waals surface area contributed by atoms with Gasteiger partial charge in [0.15, 0.2) is 0 Å². The number of benzene rings is 9. The Morgan fingerprint density at radius 2 is 0.964 bits per heavy atom. The highest BCUT2D eigenvalue weighted by atomic mass is 32.1. The first-order chi connectivity index (χ1) is 27.7. The number of aromatic nitrogens is 3. The molecule has 3 aromatic heterocycles. The Labute approximate surface area is 326 Å². The van der Waals surface area contributed by atoms with Crippen LogP contribution < -0.4 is 0 Å². The van der Waals surface area contributed by atoms with Crippen LogP contribution in [0, 0.1) is 0 Å². The summed E-state index contributed by atoms with van der Waals surface area (Å²) in [6.07, 6.45) is 0. The molecular formula is C52H31N3S. The number of hydrogen-bond donors (Lipinski definition) is 0. The van der Waals surface area contributed by atoms with Crippen LogP contribution in [0.4, 0.5) is 0 Å². The van der Waals surface area contributed by atoms with E-state index in [1.54, 1.807) is 0 Å². The summed E-state index contributed by atoms with van der Waals surface area (Å²) in [4.78, 5) is 10.6. The summed E-state index contributed by atoms with van der Waals surface area (Å²) in [6, 6.07) is 68.0. The minimum Gasteiger partial charge on any atom is -0.278 e. The summed E-state index contributed by atoms with van der Waals surface area (Å²) in [6.45, 7) is 0. The highest BCUT2D eigenvalue weighted by Gasteiger charge is 2.19. The third kappa shape index (κ3) is 4.83. The molecule has 9 aromatic carbocycles. The second-order valence-electron chi connectivity index (χ2n) is 14.6. The van der Waals surface area contributed by atoms with Crippen molar-refractivity contribution in [3.63, 3.8) is 0 Å². The van der Waals surface area contributed by atoms with Crippen molar-refractivity contribution in [2.75, 3.05) is 0 Å². The van der Waals surface area contributed by atoms with Crippen molar-refractivity contribution >= 4 is 85.8 Å². The molecule has 12 aromatic rings. The molecule has 0 spiro atoms. The van der Waals surface area contributed by atoms with Crippen molar-refractivity contribution in [1.29, 1.82) is 0 Å². The van der Waals surface area contributed by atoms with Gasteiger partial charge in [0, 0.05) is 41.9 Å². The molecule has 0 saturated heterocycles. The van der Waals surface area contributed by atoms with Crippen LogP contribution in [-0.4, -0.2) is 14.5 Å². The zero-order valence-corrected chi connectivity index (χ0v) is 31.0. The Morgan fingerprint density at radius 3 is 1.82 bits per heavy atom. The van der Waals surface area contributed by atoms with E-state index in [0.29, 0.717) is 5.95 Å². The van der Waals surface area contributed by atoms with Gasteiger partial charge in [-0.05, 0) is 92.3 Å². The molecule has 260 valence electrons. The zero-order chi connectivity index (χ0) is 36.7. The number of nitrogens with zero attached hydrogens (tertiary/aromatic N) is 3. The Balaban J connectivity index is 1.00. The van der Waals surface area contributed by atoms with Crippen molar-refractivity contribution in [3.8, 4) is 39.5 Å². The molecule has 56 heavy (non-hydrogen) atoms. The standard InChI is InChI=1S/C52H31N3S/c1-2-10-36-29-39(24-21-32(36)9-1)51-41-12-3-6-14-45(41)53-52(54-51)55-46-15-7-4-13-42(46)50-43-30-37(23-22-35(43)25-27-47(50)55)33-17-19-34(20-18-33)38-26-28-49-44(31-38)40-11-5-8-16-48(40)56-49/h1-31H. The highest BCUT2D eigenvalue weighted by Crippen LogP contribution is 2.40. The van der Waals surface area contributed by atoms with E-state index in [2.05, 4.69) is 193 Å². The minimum absolute atomic E-state index is 0.665. The van der Waals surface area contributed by atoms with Crippen LogP contribution >= 0.6 is 11.3 Å². The molecule has 0 aliphatic heterocycles. The number of hydrogen-bond acceptors (Lipinski definition) is 3. The van der Waals surface area contributed by atoms with Crippen molar-refractivity contribution < 1.29 is 0 Å². The third-order valence-electron chi connectivity index (χ3n) is 11.4. The first kappa shape index (κ1) is 31.2. The average molecular weight is 730 g/mol. The monoisotopic (exact) mass is 729 g/mol. The van der Waals surface area contributed by atoms with Gasteiger partial charge in [-0.2, -0.15) is 0 Å². The quantitative estimate of drug-likeness (QED) is 0.181. The number of fused-ring (bicyclic) bond motifs is 10. The summed E-state index contributed by atoms with van der Waals surface area (Å²) in [5, 5.41) is 10.9. The predicted octanol–water partition coefficient (Wildman–Crippen LogP) is 14.4. The van der Waals surface area contributed by atoms with E-state index in [1.165, 1.54) is 74.7 Å². The largest absolute Gasteiger partial charge is 0.278 e. The van der Waals surface area contributed by atoms with Gasteiger partial charge >= 0.3 is 0 Å². The van der Waals surface area contributed by atoms with Crippen LogP contribution in [0.25, 0.3) is 114 Å². The lowest BCUT2D eigenvalue weighted by Gasteiger charge is -2.12.